The molecule has 4 aromatic rings. The lowest BCUT2D eigenvalue weighted by atomic mass is 10.0. The van der Waals surface area contributed by atoms with Crippen LogP contribution in [-0.4, -0.2) is 35.3 Å². The molecule has 4 rings (SSSR count). The molecule has 170 valence electrons. The monoisotopic (exact) mass is 443 g/mol. The molecule has 0 fully saturated rings. The van der Waals surface area contributed by atoms with Crippen LogP contribution in [0, 0.1) is 0 Å². The van der Waals surface area contributed by atoms with Gasteiger partial charge < -0.3 is 25.5 Å². The van der Waals surface area contributed by atoms with E-state index in [2.05, 4.69) is 22.0 Å². The average Bonchev–Trinajstić information content (AvgIpc) is 3.26. The molecule has 33 heavy (non-hydrogen) atoms. The summed E-state index contributed by atoms with van der Waals surface area (Å²) in [7, 11) is 1.65. The Hall–Kier alpha value is -3.61. The minimum absolute atomic E-state index is 0.192. The fourth-order valence-corrected chi connectivity index (χ4v) is 4.16. The molecule has 0 unspecified atom stereocenters. The van der Waals surface area contributed by atoms with E-state index in [1.165, 1.54) is 0 Å². The van der Waals surface area contributed by atoms with Gasteiger partial charge in [-0.1, -0.05) is 42.5 Å². The van der Waals surface area contributed by atoms with Crippen LogP contribution in [-0.2, 0) is 13.0 Å². The van der Waals surface area contributed by atoms with Crippen molar-refractivity contribution in [2.45, 2.75) is 25.1 Å². The van der Waals surface area contributed by atoms with Gasteiger partial charge in [-0.05, 0) is 53.9 Å². The first-order valence-electron chi connectivity index (χ1n) is 11.0. The van der Waals surface area contributed by atoms with Crippen LogP contribution in [0.3, 0.4) is 0 Å². The van der Waals surface area contributed by atoms with E-state index in [1.807, 2.05) is 60.8 Å². The average molecular weight is 444 g/mol. The molecule has 1 heterocycles. The second kappa shape index (κ2) is 10.3. The van der Waals surface area contributed by atoms with Crippen molar-refractivity contribution < 1.29 is 14.6 Å². The quantitative estimate of drug-likeness (QED) is 0.349. The third-order valence-corrected chi connectivity index (χ3v) is 5.91. The molecule has 0 bridgehead atoms. The van der Waals surface area contributed by atoms with Crippen LogP contribution in [0.2, 0.25) is 0 Å². The third-order valence-electron chi connectivity index (χ3n) is 5.91. The summed E-state index contributed by atoms with van der Waals surface area (Å²) in [6.45, 7) is 1.05. The number of methoxy groups -OCH3 is 1. The van der Waals surface area contributed by atoms with Gasteiger partial charge in [0.15, 0.2) is 0 Å². The molecule has 6 nitrogen and oxygen atoms in total. The van der Waals surface area contributed by atoms with Crippen molar-refractivity contribution >= 4 is 16.8 Å². The van der Waals surface area contributed by atoms with E-state index in [0.29, 0.717) is 25.1 Å². The Morgan fingerprint density at radius 3 is 2.58 bits per heavy atom. The number of aliphatic hydroxyl groups is 1. The van der Waals surface area contributed by atoms with Crippen LogP contribution in [0.15, 0.2) is 85.1 Å². The molecule has 0 spiro atoms. The van der Waals surface area contributed by atoms with Crippen LogP contribution < -0.4 is 15.8 Å². The van der Waals surface area contributed by atoms with Crippen LogP contribution in [0.25, 0.3) is 10.9 Å². The number of nitrogens with one attached hydrogen (secondary N) is 1. The van der Waals surface area contributed by atoms with Crippen LogP contribution in [0.4, 0.5) is 0 Å². The molecular weight excluding hydrogens is 414 g/mol. The molecule has 3 aromatic carbocycles. The normalized spacial score (nSPS) is 13.0. The molecule has 0 saturated carbocycles. The molecule has 0 aliphatic rings. The molecular formula is C27H29N3O3. The van der Waals surface area contributed by atoms with E-state index in [9.17, 15) is 9.90 Å². The number of nitrogens with zero attached hydrogens (tertiary/aromatic N) is 1. The first-order valence-corrected chi connectivity index (χ1v) is 11.0. The number of aliphatic hydroxyl groups excluding tert-OH is 1. The third kappa shape index (κ3) is 5.42. The van der Waals surface area contributed by atoms with E-state index < -0.39 is 12.0 Å². The number of carbonyl (C=O) groups excluding carboxylic acids is 1. The standard InChI is InChI=1S/C27H29N3O3/c1-33-23-9-5-8-20(14-23)17-29-18-26(31)25(15-19-6-3-2-4-7-19)30-13-12-21-16-22(27(28)32)10-11-24(21)30/h2-14,16,25-26,29,31H,15,17-18H2,1H3,(H2,28,32)/t25-,26+/m0/s1. The first kappa shape index (κ1) is 22.6. The Kier molecular flexibility index (Phi) is 7.07. The maximum atomic E-state index is 11.6. The summed E-state index contributed by atoms with van der Waals surface area (Å²) in [6, 6.07) is 25.2. The lowest BCUT2D eigenvalue weighted by Crippen LogP contribution is -2.35. The molecule has 0 saturated heterocycles. The number of benzene rings is 3. The summed E-state index contributed by atoms with van der Waals surface area (Å²) >= 11 is 0. The van der Waals surface area contributed by atoms with Gasteiger partial charge in [0.1, 0.15) is 5.75 Å². The van der Waals surface area contributed by atoms with E-state index in [0.717, 1.165) is 27.8 Å². The molecule has 6 heteroatoms. The fourth-order valence-electron chi connectivity index (χ4n) is 4.16. The maximum Gasteiger partial charge on any atom is 0.248 e. The highest BCUT2D eigenvalue weighted by molar-refractivity contribution is 5.97. The second-order valence-electron chi connectivity index (χ2n) is 8.17. The summed E-state index contributed by atoms with van der Waals surface area (Å²) in [5.41, 5.74) is 9.10. The van der Waals surface area contributed by atoms with E-state index in [-0.39, 0.29) is 6.04 Å². The van der Waals surface area contributed by atoms with Gasteiger partial charge in [-0.25, -0.2) is 0 Å². The number of rotatable bonds is 10. The maximum absolute atomic E-state index is 11.6. The molecule has 4 N–H and O–H groups in total. The number of hydrogen-bond acceptors (Lipinski definition) is 4. The predicted octanol–water partition coefficient (Wildman–Crippen LogP) is 3.68. The summed E-state index contributed by atoms with van der Waals surface area (Å²) in [6.07, 6.45) is 2.00. The van der Waals surface area contributed by atoms with Crippen LogP contribution in [0.1, 0.15) is 27.5 Å². The van der Waals surface area contributed by atoms with Crippen molar-refractivity contribution in [3.8, 4) is 5.75 Å². The van der Waals surface area contributed by atoms with Gasteiger partial charge in [-0.3, -0.25) is 4.79 Å². The van der Waals surface area contributed by atoms with Gasteiger partial charge >= 0.3 is 0 Å². The van der Waals surface area contributed by atoms with Gasteiger partial charge in [0.05, 0.1) is 19.3 Å². The van der Waals surface area contributed by atoms with Gasteiger partial charge in [0, 0.05) is 35.8 Å². The molecule has 0 aliphatic carbocycles. The Bertz CT molecular complexity index is 1220. The number of fused-ring (bicyclic) bond motifs is 1. The smallest absolute Gasteiger partial charge is 0.248 e. The van der Waals surface area contributed by atoms with Crippen LogP contribution in [0.5, 0.6) is 5.75 Å². The SMILES string of the molecule is COc1cccc(CNC[C@@H](O)[C@H](Cc2ccccc2)n2ccc3cc(C(N)=O)ccc32)c1. The zero-order valence-electron chi connectivity index (χ0n) is 18.6. The van der Waals surface area contributed by atoms with Gasteiger partial charge in [0.2, 0.25) is 5.91 Å². The highest BCUT2D eigenvalue weighted by Gasteiger charge is 2.23. The van der Waals surface area contributed by atoms with Gasteiger partial charge in [-0.15, -0.1) is 0 Å². The van der Waals surface area contributed by atoms with Crippen molar-refractivity contribution in [1.82, 2.24) is 9.88 Å². The topological polar surface area (TPSA) is 89.5 Å². The Balaban J connectivity index is 1.55. The van der Waals surface area contributed by atoms with Crippen molar-refractivity contribution in [1.29, 1.82) is 0 Å². The lowest BCUT2D eigenvalue weighted by Gasteiger charge is -2.26. The minimum atomic E-state index is -0.637. The molecule has 0 radical (unpaired) electrons. The number of amides is 1. The highest BCUT2D eigenvalue weighted by atomic mass is 16.5. The van der Waals surface area contributed by atoms with Crippen molar-refractivity contribution in [3.63, 3.8) is 0 Å². The van der Waals surface area contributed by atoms with Gasteiger partial charge in [-0.2, -0.15) is 0 Å². The summed E-state index contributed by atoms with van der Waals surface area (Å²) < 4.78 is 7.38. The summed E-state index contributed by atoms with van der Waals surface area (Å²) in [5, 5.41) is 15.5. The zero-order valence-corrected chi connectivity index (χ0v) is 18.6. The number of ether oxygens (including phenoxy) is 1. The van der Waals surface area contributed by atoms with Crippen molar-refractivity contribution in [2.24, 2.45) is 5.73 Å². The number of primary amides is 1. The Morgan fingerprint density at radius 1 is 1.03 bits per heavy atom. The first-order chi connectivity index (χ1) is 16.0. The van der Waals surface area contributed by atoms with E-state index >= 15 is 0 Å². The number of hydrogen-bond donors (Lipinski definition) is 3. The van der Waals surface area contributed by atoms with E-state index in [4.69, 9.17) is 10.5 Å². The second-order valence-corrected chi connectivity index (χ2v) is 8.17. The Morgan fingerprint density at radius 2 is 1.82 bits per heavy atom. The number of nitrogens with two attached hydrogens (primary N) is 1. The minimum Gasteiger partial charge on any atom is -0.497 e. The Labute approximate surface area is 193 Å². The van der Waals surface area contributed by atoms with Gasteiger partial charge in [0.25, 0.3) is 0 Å². The van der Waals surface area contributed by atoms with Crippen molar-refractivity contribution in [2.75, 3.05) is 13.7 Å². The molecule has 2 atom stereocenters. The zero-order chi connectivity index (χ0) is 23.2. The lowest BCUT2D eigenvalue weighted by molar-refractivity contribution is 0.1000. The van der Waals surface area contributed by atoms with Crippen molar-refractivity contribution in [3.05, 3.63) is 102 Å². The van der Waals surface area contributed by atoms with E-state index in [1.54, 1.807) is 19.2 Å². The predicted molar refractivity (Wildman–Crippen MR) is 130 cm³/mol. The highest BCUT2D eigenvalue weighted by Crippen LogP contribution is 2.26. The summed E-state index contributed by atoms with van der Waals surface area (Å²) in [5.74, 6) is 0.359. The number of carbonyl (C=O) groups is 1. The largest absolute Gasteiger partial charge is 0.497 e. The summed E-state index contributed by atoms with van der Waals surface area (Å²) in [4.78, 5) is 11.6. The number of aromatic nitrogens is 1. The molecule has 0 aliphatic heterocycles. The van der Waals surface area contributed by atoms with Crippen LogP contribution >= 0.6 is 0 Å². The fraction of sp³-hybridized carbons (Fsp3) is 0.222. The molecule has 1 amide bonds. The molecule has 1 aromatic heterocycles.